The van der Waals surface area contributed by atoms with Gasteiger partial charge in [-0.3, -0.25) is 9.78 Å². The number of pyridine rings is 1. The molecule has 2 aromatic carbocycles. The van der Waals surface area contributed by atoms with E-state index in [1.54, 1.807) is 16.8 Å². The van der Waals surface area contributed by atoms with E-state index in [2.05, 4.69) is 51.9 Å². The van der Waals surface area contributed by atoms with Gasteiger partial charge >= 0.3 is 6.09 Å². The Bertz CT molecular complexity index is 2110. The van der Waals surface area contributed by atoms with Crippen molar-refractivity contribution in [1.29, 1.82) is 0 Å². The van der Waals surface area contributed by atoms with Crippen LogP contribution in [0, 0.1) is 0 Å². The predicted octanol–water partition coefficient (Wildman–Crippen LogP) is 6.62. The molecular formula is C40H50N10O3. The summed E-state index contributed by atoms with van der Waals surface area (Å²) in [4.78, 5) is 43.9. The SMILES string of the molecule is CC(C)c1cnn2c(NCc3ccccc3-c3nccc4cc(NC(=O)/C=C/CN(C)C)ccc34)nc(N3CCC(NC(=O)OC(C)(C)C)CC3)nc12. The van der Waals surface area contributed by atoms with Gasteiger partial charge in [0.15, 0.2) is 5.65 Å². The molecule has 278 valence electrons. The fraction of sp³-hybridized carbons (Fsp3) is 0.400. The maximum Gasteiger partial charge on any atom is 0.407 e. The number of amides is 2. The number of hydrogen-bond donors (Lipinski definition) is 3. The summed E-state index contributed by atoms with van der Waals surface area (Å²) in [5, 5.41) is 16.2. The Kier molecular flexibility index (Phi) is 11.2. The molecule has 0 aliphatic carbocycles. The van der Waals surface area contributed by atoms with Crippen LogP contribution in [0.4, 0.5) is 22.4 Å². The number of ether oxygens (including phenoxy) is 1. The van der Waals surface area contributed by atoms with E-state index in [1.807, 2.05) is 88.4 Å². The molecule has 5 aromatic rings. The highest BCUT2D eigenvalue weighted by Crippen LogP contribution is 2.32. The van der Waals surface area contributed by atoms with E-state index in [-0.39, 0.29) is 17.9 Å². The minimum atomic E-state index is -0.545. The zero-order valence-corrected chi connectivity index (χ0v) is 31.7. The summed E-state index contributed by atoms with van der Waals surface area (Å²) < 4.78 is 7.25. The molecule has 3 aromatic heterocycles. The van der Waals surface area contributed by atoms with Gasteiger partial charge in [-0.05, 0) is 82.8 Å². The average Bonchev–Trinajstić information content (AvgIpc) is 3.54. The van der Waals surface area contributed by atoms with Crippen LogP contribution in [-0.2, 0) is 16.1 Å². The number of likely N-dealkylation sites (N-methyl/N-ethyl adjacent to an activating group) is 1. The van der Waals surface area contributed by atoms with E-state index in [0.717, 1.165) is 57.3 Å². The number of fused-ring (bicyclic) bond motifs is 2. The molecule has 0 saturated carbocycles. The monoisotopic (exact) mass is 718 g/mol. The predicted molar refractivity (Wildman–Crippen MR) is 210 cm³/mol. The lowest BCUT2D eigenvalue weighted by atomic mass is 9.99. The molecule has 0 unspecified atom stereocenters. The summed E-state index contributed by atoms with van der Waals surface area (Å²) >= 11 is 0. The van der Waals surface area contributed by atoms with E-state index >= 15 is 0 Å². The number of aromatic nitrogens is 5. The Morgan fingerprint density at radius 1 is 1.06 bits per heavy atom. The molecule has 0 spiro atoms. The van der Waals surface area contributed by atoms with Gasteiger partial charge in [-0.25, -0.2) is 4.79 Å². The summed E-state index contributed by atoms with van der Waals surface area (Å²) in [6.07, 6.45) is 8.17. The Morgan fingerprint density at radius 2 is 1.83 bits per heavy atom. The molecule has 0 bridgehead atoms. The van der Waals surface area contributed by atoms with Gasteiger partial charge in [-0.1, -0.05) is 50.3 Å². The van der Waals surface area contributed by atoms with E-state index < -0.39 is 11.7 Å². The number of rotatable bonds is 11. The number of anilines is 3. The van der Waals surface area contributed by atoms with Gasteiger partial charge in [-0.2, -0.15) is 19.6 Å². The largest absolute Gasteiger partial charge is 0.444 e. The van der Waals surface area contributed by atoms with Crippen LogP contribution < -0.4 is 20.9 Å². The molecule has 1 fully saturated rings. The normalized spacial score (nSPS) is 14.1. The summed E-state index contributed by atoms with van der Waals surface area (Å²) in [7, 11) is 3.92. The van der Waals surface area contributed by atoms with Crippen LogP contribution in [0.15, 0.2) is 73.1 Å². The Morgan fingerprint density at radius 3 is 2.57 bits per heavy atom. The maximum absolute atomic E-state index is 12.5. The van der Waals surface area contributed by atoms with Gasteiger partial charge in [0.25, 0.3) is 0 Å². The molecule has 3 N–H and O–H groups in total. The number of benzene rings is 2. The molecule has 13 nitrogen and oxygen atoms in total. The third-order valence-electron chi connectivity index (χ3n) is 8.99. The second-order valence-electron chi connectivity index (χ2n) is 15.0. The van der Waals surface area contributed by atoms with Crippen LogP contribution in [0.1, 0.15) is 64.5 Å². The Hall–Kier alpha value is -5.56. The number of alkyl carbamates (subject to hydrolysis) is 1. The minimum Gasteiger partial charge on any atom is -0.444 e. The van der Waals surface area contributed by atoms with Gasteiger partial charge in [0.1, 0.15) is 5.60 Å². The quantitative estimate of drug-likeness (QED) is 0.128. The van der Waals surface area contributed by atoms with Crippen LogP contribution in [0.5, 0.6) is 0 Å². The maximum atomic E-state index is 12.5. The van der Waals surface area contributed by atoms with Crippen molar-refractivity contribution in [3.63, 3.8) is 0 Å². The van der Waals surface area contributed by atoms with Crippen LogP contribution in [-0.4, -0.2) is 86.8 Å². The van der Waals surface area contributed by atoms with Crippen molar-refractivity contribution in [1.82, 2.24) is 34.8 Å². The van der Waals surface area contributed by atoms with Crippen molar-refractivity contribution < 1.29 is 14.3 Å². The van der Waals surface area contributed by atoms with Crippen molar-refractivity contribution in [2.75, 3.05) is 49.3 Å². The summed E-state index contributed by atoms with van der Waals surface area (Å²) in [6.45, 7) is 12.4. The van der Waals surface area contributed by atoms with E-state index in [0.29, 0.717) is 38.1 Å². The van der Waals surface area contributed by atoms with Gasteiger partial charge in [0.05, 0.1) is 11.9 Å². The first-order valence-corrected chi connectivity index (χ1v) is 18.2. The fourth-order valence-corrected chi connectivity index (χ4v) is 6.35. The molecule has 4 heterocycles. The molecule has 1 saturated heterocycles. The third kappa shape index (κ3) is 9.28. The Labute approximate surface area is 310 Å². The van der Waals surface area contributed by atoms with Crippen molar-refractivity contribution >= 4 is 46.0 Å². The Balaban J connectivity index is 1.22. The van der Waals surface area contributed by atoms with Gasteiger partial charge in [-0.15, -0.1) is 0 Å². The van der Waals surface area contributed by atoms with E-state index in [9.17, 15) is 9.59 Å². The van der Waals surface area contributed by atoms with Crippen molar-refractivity contribution in [2.45, 2.75) is 71.6 Å². The topological polar surface area (TPSA) is 142 Å². The second kappa shape index (κ2) is 16.0. The van der Waals surface area contributed by atoms with Gasteiger partial charge in [0, 0.05) is 66.7 Å². The van der Waals surface area contributed by atoms with E-state index in [4.69, 9.17) is 19.7 Å². The van der Waals surface area contributed by atoms with Crippen LogP contribution >= 0.6 is 0 Å². The number of hydrogen-bond acceptors (Lipinski definition) is 10. The lowest BCUT2D eigenvalue weighted by molar-refractivity contribution is -0.111. The molecule has 6 rings (SSSR count). The first-order valence-electron chi connectivity index (χ1n) is 18.2. The minimum absolute atomic E-state index is 0.0170. The highest BCUT2D eigenvalue weighted by molar-refractivity contribution is 6.02. The summed E-state index contributed by atoms with van der Waals surface area (Å²) in [5.41, 5.74) is 4.85. The second-order valence-corrected chi connectivity index (χ2v) is 15.0. The molecule has 0 radical (unpaired) electrons. The number of carbonyl (C=O) groups excluding carboxylic acids is 2. The van der Waals surface area contributed by atoms with Crippen LogP contribution in [0.2, 0.25) is 0 Å². The average molecular weight is 719 g/mol. The molecular weight excluding hydrogens is 669 g/mol. The molecule has 0 atom stereocenters. The highest BCUT2D eigenvalue weighted by Gasteiger charge is 2.26. The molecule has 53 heavy (non-hydrogen) atoms. The number of carbonyl (C=O) groups is 2. The van der Waals surface area contributed by atoms with E-state index in [1.165, 1.54) is 0 Å². The molecule has 2 amide bonds. The lowest BCUT2D eigenvalue weighted by Gasteiger charge is -2.33. The summed E-state index contributed by atoms with van der Waals surface area (Å²) in [5.74, 6) is 1.26. The fourth-order valence-electron chi connectivity index (χ4n) is 6.35. The smallest absolute Gasteiger partial charge is 0.407 e. The third-order valence-corrected chi connectivity index (χ3v) is 8.99. The standard InChI is InChI=1S/C40H50N10O3/c1-26(2)33-25-43-50-36(33)46-38(49-21-17-29(18-22-49)45-39(52)53-40(3,4)5)47-37(50)42-24-28-11-8-9-12-31(28)35-32-15-14-30(23-27(32)16-19-41-35)44-34(51)13-10-20-48(6)7/h8-16,19,23,25-26,29H,17-18,20-22,24H2,1-7H3,(H,44,51)(H,45,52)(H,42,46,47)/b13-10+. The van der Waals surface area contributed by atoms with Gasteiger partial charge < -0.3 is 30.5 Å². The first kappa shape index (κ1) is 37.2. The number of nitrogens with zero attached hydrogens (tertiary/aromatic N) is 7. The number of piperidine rings is 1. The molecule has 13 heteroatoms. The summed E-state index contributed by atoms with van der Waals surface area (Å²) in [6, 6.07) is 16.0. The molecule has 1 aliphatic rings. The van der Waals surface area contributed by atoms with Crippen LogP contribution in [0.3, 0.4) is 0 Å². The lowest BCUT2D eigenvalue weighted by Crippen LogP contribution is -2.46. The van der Waals surface area contributed by atoms with Crippen LogP contribution in [0.25, 0.3) is 27.7 Å². The van der Waals surface area contributed by atoms with Crippen molar-refractivity contribution in [3.8, 4) is 11.3 Å². The molecule has 1 aliphatic heterocycles. The van der Waals surface area contributed by atoms with Crippen molar-refractivity contribution in [2.24, 2.45) is 0 Å². The highest BCUT2D eigenvalue weighted by atomic mass is 16.6. The zero-order valence-electron chi connectivity index (χ0n) is 31.7. The first-order chi connectivity index (χ1) is 25.3. The van der Waals surface area contributed by atoms with Gasteiger partial charge in [0.2, 0.25) is 17.8 Å². The zero-order chi connectivity index (χ0) is 37.7. The van der Waals surface area contributed by atoms with Crippen molar-refractivity contribution in [3.05, 3.63) is 84.2 Å². The number of nitrogens with one attached hydrogen (secondary N) is 3.